The molecule has 2 aliphatic heterocycles. The van der Waals surface area contributed by atoms with Crippen LogP contribution in [0.4, 0.5) is 0 Å². The molecule has 1 aromatic heterocycles. The summed E-state index contributed by atoms with van der Waals surface area (Å²) in [6.45, 7) is 3.29. The number of hydrogen-bond donors (Lipinski definition) is 1. The van der Waals surface area contributed by atoms with E-state index in [1.807, 2.05) is 30.3 Å². The Kier molecular flexibility index (Phi) is 3.47. The number of carbonyl (C=O) groups is 1. The van der Waals surface area contributed by atoms with Gasteiger partial charge in [-0.15, -0.1) is 11.3 Å². The molecule has 2 aliphatic rings. The molecule has 0 radical (unpaired) electrons. The number of hydrogen-bond acceptors (Lipinski definition) is 4. The van der Waals surface area contributed by atoms with Crippen molar-refractivity contribution < 1.29 is 4.79 Å². The van der Waals surface area contributed by atoms with Crippen LogP contribution < -0.4 is 5.32 Å². The number of piperidine rings is 1. The lowest BCUT2D eigenvalue weighted by Crippen LogP contribution is -2.52. The standard InChI is InChI=1S/C17H19N3OS/c21-15(19-17-7-4-9-20(12-17)10-8-17)14-11-18-16(22-14)13-5-2-1-3-6-13/h1-3,5-6,11H,4,7-10,12H2,(H,19,21). The first-order valence-electron chi connectivity index (χ1n) is 7.80. The van der Waals surface area contributed by atoms with Crippen LogP contribution in [-0.2, 0) is 0 Å². The van der Waals surface area contributed by atoms with Gasteiger partial charge in [0.2, 0.25) is 0 Å². The van der Waals surface area contributed by atoms with Gasteiger partial charge in [0, 0.05) is 18.7 Å². The second-order valence-electron chi connectivity index (χ2n) is 6.26. The summed E-state index contributed by atoms with van der Waals surface area (Å²) in [5.41, 5.74) is 1.06. The van der Waals surface area contributed by atoms with Crippen LogP contribution in [0.25, 0.3) is 10.6 Å². The molecule has 5 heteroatoms. The summed E-state index contributed by atoms with van der Waals surface area (Å²) in [5.74, 6) is 0.0310. The third kappa shape index (κ3) is 2.55. The molecule has 2 saturated heterocycles. The van der Waals surface area contributed by atoms with Crippen LogP contribution in [0.15, 0.2) is 36.5 Å². The van der Waals surface area contributed by atoms with Crippen molar-refractivity contribution in [2.75, 3.05) is 19.6 Å². The number of rotatable bonds is 3. The summed E-state index contributed by atoms with van der Waals surface area (Å²) in [7, 11) is 0. The summed E-state index contributed by atoms with van der Waals surface area (Å²) in [6.07, 6.45) is 5.05. The molecule has 1 N–H and O–H groups in total. The predicted octanol–water partition coefficient (Wildman–Crippen LogP) is 2.78. The number of carbonyl (C=O) groups excluding carboxylic acids is 1. The third-order valence-corrected chi connectivity index (χ3v) is 5.74. The van der Waals surface area contributed by atoms with Gasteiger partial charge in [-0.05, 0) is 25.8 Å². The monoisotopic (exact) mass is 313 g/mol. The van der Waals surface area contributed by atoms with Crippen molar-refractivity contribution in [2.24, 2.45) is 0 Å². The fourth-order valence-electron chi connectivity index (χ4n) is 3.55. The van der Waals surface area contributed by atoms with Crippen LogP contribution in [-0.4, -0.2) is 41.0 Å². The van der Waals surface area contributed by atoms with Gasteiger partial charge in [-0.3, -0.25) is 4.79 Å². The molecule has 2 bridgehead atoms. The van der Waals surface area contributed by atoms with Gasteiger partial charge < -0.3 is 10.2 Å². The molecule has 2 atom stereocenters. The van der Waals surface area contributed by atoms with Gasteiger partial charge in [0.15, 0.2) is 0 Å². The zero-order chi connectivity index (χ0) is 15.0. The average Bonchev–Trinajstić information content (AvgIpc) is 3.14. The molecule has 2 unspecified atom stereocenters. The summed E-state index contributed by atoms with van der Waals surface area (Å²) < 4.78 is 0. The van der Waals surface area contributed by atoms with E-state index in [-0.39, 0.29) is 11.4 Å². The van der Waals surface area contributed by atoms with Crippen molar-refractivity contribution in [1.29, 1.82) is 0 Å². The normalized spacial score (nSPS) is 26.8. The fraction of sp³-hybridized carbons (Fsp3) is 0.412. The second-order valence-corrected chi connectivity index (χ2v) is 7.29. The van der Waals surface area contributed by atoms with E-state index in [1.54, 1.807) is 6.20 Å². The molecule has 1 amide bonds. The smallest absolute Gasteiger partial charge is 0.263 e. The fourth-order valence-corrected chi connectivity index (χ4v) is 4.37. The lowest BCUT2D eigenvalue weighted by Gasteiger charge is -2.34. The highest BCUT2D eigenvalue weighted by molar-refractivity contribution is 7.16. The molecular formula is C17H19N3OS. The molecule has 4 rings (SSSR count). The summed E-state index contributed by atoms with van der Waals surface area (Å²) in [6, 6.07) is 10.0. The van der Waals surface area contributed by atoms with E-state index >= 15 is 0 Å². The lowest BCUT2D eigenvalue weighted by atomic mass is 9.90. The van der Waals surface area contributed by atoms with Crippen molar-refractivity contribution in [3.8, 4) is 10.6 Å². The van der Waals surface area contributed by atoms with Crippen LogP contribution in [0.3, 0.4) is 0 Å². The van der Waals surface area contributed by atoms with Crippen LogP contribution in [0, 0.1) is 0 Å². The molecule has 2 aromatic rings. The number of nitrogens with zero attached hydrogens (tertiary/aromatic N) is 2. The Labute approximate surface area is 134 Å². The number of amides is 1. The highest BCUT2D eigenvalue weighted by Gasteiger charge is 2.42. The van der Waals surface area contributed by atoms with Crippen molar-refractivity contribution in [2.45, 2.75) is 24.8 Å². The molecule has 3 heterocycles. The Balaban J connectivity index is 1.51. The van der Waals surface area contributed by atoms with Gasteiger partial charge in [-0.25, -0.2) is 4.98 Å². The highest BCUT2D eigenvalue weighted by Crippen LogP contribution is 2.32. The highest BCUT2D eigenvalue weighted by atomic mass is 32.1. The Bertz CT molecular complexity index is 680. The average molecular weight is 313 g/mol. The Hall–Kier alpha value is -1.72. The molecular weight excluding hydrogens is 294 g/mol. The number of benzene rings is 1. The first-order chi connectivity index (χ1) is 10.7. The number of aromatic nitrogens is 1. The van der Waals surface area contributed by atoms with E-state index in [1.165, 1.54) is 24.3 Å². The zero-order valence-corrected chi connectivity index (χ0v) is 13.2. The Morgan fingerprint density at radius 2 is 2.09 bits per heavy atom. The van der Waals surface area contributed by atoms with Crippen molar-refractivity contribution in [3.05, 3.63) is 41.4 Å². The second kappa shape index (κ2) is 5.48. The van der Waals surface area contributed by atoms with E-state index in [0.717, 1.165) is 36.5 Å². The number of fused-ring (bicyclic) bond motifs is 2. The zero-order valence-electron chi connectivity index (χ0n) is 12.4. The maximum atomic E-state index is 12.6. The van der Waals surface area contributed by atoms with Gasteiger partial charge in [0.05, 0.1) is 11.7 Å². The molecule has 0 saturated carbocycles. The lowest BCUT2D eigenvalue weighted by molar-refractivity contribution is 0.0881. The van der Waals surface area contributed by atoms with E-state index < -0.39 is 0 Å². The summed E-state index contributed by atoms with van der Waals surface area (Å²) in [5, 5.41) is 4.20. The van der Waals surface area contributed by atoms with Crippen molar-refractivity contribution in [3.63, 3.8) is 0 Å². The maximum absolute atomic E-state index is 12.6. The van der Waals surface area contributed by atoms with Gasteiger partial charge in [0.25, 0.3) is 5.91 Å². The SMILES string of the molecule is O=C(NC12CCCN(CC1)C2)c1cnc(-c2ccccc2)s1. The summed E-state index contributed by atoms with van der Waals surface area (Å²) in [4.78, 5) is 20.1. The van der Waals surface area contributed by atoms with E-state index in [9.17, 15) is 4.79 Å². The molecule has 0 aliphatic carbocycles. The maximum Gasteiger partial charge on any atom is 0.263 e. The first-order valence-corrected chi connectivity index (χ1v) is 8.62. The van der Waals surface area contributed by atoms with Crippen molar-refractivity contribution in [1.82, 2.24) is 15.2 Å². The van der Waals surface area contributed by atoms with Crippen LogP contribution in [0.5, 0.6) is 0 Å². The van der Waals surface area contributed by atoms with Gasteiger partial charge in [-0.2, -0.15) is 0 Å². The van der Waals surface area contributed by atoms with E-state index in [4.69, 9.17) is 0 Å². The molecule has 114 valence electrons. The Morgan fingerprint density at radius 3 is 2.95 bits per heavy atom. The van der Waals surface area contributed by atoms with Gasteiger partial charge >= 0.3 is 0 Å². The number of nitrogens with one attached hydrogen (secondary N) is 1. The molecule has 22 heavy (non-hydrogen) atoms. The third-order valence-electron chi connectivity index (χ3n) is 4.69. The van der Waals surface area contributed by atoms with E-state index in [2.05, 4.69) is 15.2 Å². The minimum Gasteiger partial charge on any atom is -0.345 e. The molecule has 4 nitrogen and oxygen atoms in total. The van der Waals surface area contributed by atoms with Gasteiger partial charge in [-0.1, -0.05) is 30.3 Å². The molecule has 2 fully saturated rings. The summed E-state index contributed by atoms with van der Waals surface area (Å²) >= 11 is 1.47. The van der Waals surface area contributed by atoms with Crippen molar-refractivity contribution >= 4 is 17.2 Å². The minimum absolute atomic E-state index is 0.00770. The van der Waals surface area contributed by atoms with Crippen LogP contribution >= 0.6 is 11.3 Å². The molecule has 1 aromatic carbocycles. The predicted molar refractivity (Wildman–Crippen MR) is 88.0 cm³/mol. The van der Waals surface area contributed by atoms with Crippen LogP contribution in [0.1, 0.15) is 28.9 Å². The quantitative estimate of drug-likeness (QED) is 0.948. The largest absolute Gasteiger partial charge is 0.345 e. The van der Waals surface area contributed by atoms with Gasteiger partial charge in [0.1, 0.15) is 9.88 Å². The minimum atomic E-state index is -0.00770. The number of thiazole rings is 1. The Morgan fingerprint density at radius 1 is 1.23 bits per heavy atom. The molecule has 0 spiro atoms. The first kappa shape index (κ1) is 13.9. The topological polar surface area (TPSA) is 45.2 Å². The van der Waals surface area contributed by atoms with E-state index in [0.29, 0.717) is 4.88 Å². The van der Waals surface area contributed by atoms with Crippen LogP contribution in [0.2, 0.25) is 0 Å².